The van der Waals surface area contributed by atoms with Crippen LogP contribution < -0.4 is 10.6 Å². The number of hydrogen-bond acceptors (Lipinski definition) is 9. The summed E-state index contributed by atoms with van der Waals surface area (Å²) in [6.07, 6.45) is 4.05. The minimum absolute atomic E-state index is 0.0574. The molecule has 0 radical (unpaired) electrons. The molecule has 0 atom stereocenters. The molecule has 3 heterocycles. The zero-order valence-electron chi connectivity index (χ0n) is 20.2. The molecule has 194 valence electrons. The third-order valence-corrected chi connectivity index (χ3v) is 7.74. The summed E-state index contributed by atoms with van der Waals surface area (Å²) >= 11 is 1.24. The maximum atomic E-state index is 13.0. The maximum Gasteiger partial charge on any atom is 0.268 e. The Balaban J connectivity index is 1.39. The van der Waals surface area contributed by atoms with Gasteiger partial charge in [-0.15, -0.1) is 11.3 Å². The Morgan fingerprint density at radius 3 is 2.63 bits per heavy atom. The quantitative estimate of drug-likeness (QED) is 0.246. The Kier molecular flexibility index (Phi) is 7.07. The van der Waals surface area contributed by atoms with E-state index in [1.807, 2.05) is 18.2 Å². The second-order valence-corrected chi connectivity index (χ2v) is 11.9. The Labute approximate surface area is 222 Å². The number of aromatic nitrogens is 3. The third kappa shape index (κ3) is 5.82. The standard InChI is InChI=1S/C26H23N5O5S2/c1-38(34,35)12-11-31-20-8-7-18(28-14-21(32)17-5-3-2-4-6-17)13-19(20)29-26(31)30-25(33)24-10-9-23(37-24)22-15-27-16-36-22/h2-10,13,15-16,28H,11-12,14H2,1H3,(H,29,30,33). The summed E-state index contributed by atoms with van der Waals surface area (Å²) in [6.45, 7) is 0.206. The predicted octanol–water partition coefficient (Wildman–Crippen LogP) is 4.34. The summed E-state index contributed by atoms with van der Waals surface area (Å²) in [4.78, 5) is 35.1. The monoisotopic (exact) mass is 549 g/mol. The highest BCUT2D eigenvalue weighted by atomic mass is 32.2. The van der Waals surface area contributed by atoms with Gasteiger partial charge in [0.15, 0.2) is 17.9 Å². The van der Waals surface area contributed by atoms with Gasteiger partial charge in [-0.05, 0) is 30.3 Å². The molecule has 0 bridgehead atoms. The van der Waals surface area contributed by atoms with E-state index in [9.17, 15) is 18.0 Å². The van der Waals surface area contributed by atoms with Crippen molar-refractivity contribution >= 4 is 55.5 Å². The van der Waals surface area contributed by atoms with Crippen LogP contribution in [0.15, 0.2) is 77.7 Å². The second kappa shape index (κ2) is 10.6. The summed E-state index contributed by atoms with van der Waals surface area (Å²) in [7, 11) is -3.27. The van der Waals surface area contributed by atoms with Crippen molar-refractivity contribution in [1.29, 1.82) is 0 Å². The van der Waals surface area contributed by atoms with Crippen LogP contribution in [0.5, 0.6) is 0 Å². The average molecular weight is 550 g/mol. The van der Waals surface area contributed by atoms with Gasteiger partial charge in [-0.1, -0.05) is 30.3 Å². The first kappa shape index (κ1) is 25.4. The van der Waals surface area contributed by atoms with E-state index < -0.39 is 9.84 Å². The number of rotatable bonds is 10. The highest BCUT2D eigenvalue weighted by Crippen LogP contribution is 2.29. The number of imidazole rings is 1. The van der Waals surface area contributed by atoms with Gasteiger partial charge in [0.25, 0.3) is 5.91 Å². The van der Waals surface area contributed by atoms with Gasteiger partial charge >= 0.3 is 0 Å². The molecule has 0 saturated heterocycles. The van der Waals surface area contributed by atoms with Gasteiger partial charge in [0, 0.05) is 24.1 Å². The molecule has 1 amide bonds. The summed E-state index contributed by atoms with van der Waals surface area (Å²) in [6, 6.07) is 17.7. The van der Waals surface area contributed by atoms with Crippen LogP contribution in [0, 0.1) is 0 Å². The molecule has 0 unspecified atom stereocenters. The van der Waals surface area contributed by atoms with Crippen molar-refractivity contribution in [2.24, 2.45) is 0 Å². The lowest BCUT2D eigenvalue weighted by Gasteiger charge is -2.10. The lowest BCUT2D eigenvalue weighted by molar-refractivity contribution is 0.100. The van der Waals surface area contributed by atoms with Crippen LogP contribution in [0.2, 0.25) is 0 Å². The molecule has 5 rings (SSSR count). The van der Waals surface area contributed by atoms with Gasteiger partial charge < -0.3 is 14.3 Å². The van der Waals surface area contributed by atoms with Crippen molar-refractivity contribution < 1.29 is 22.4 Å². The lowest BCUT2D eigenvalue weighted by atomic mass is 10.1. The van der Waals surface area contributed by atoms with Gasteiger partial charge in [-0.3, -0.25) is 14.9 Å². The molecular formula is C26H23N5O5S2. The van der Waals surface area contributed by atoms with Crippen LogP contribution in [0.1, 0.15) is 20.0 Å². The highest BCUT2D eigenvalue weighted by Gasteiger charge is 2.18. The van der Waals surface area contributed by atoms with Crippen LogP contribution in [-0.2, 0) is 16.4 Å². The van der Waals surface area contributed by atoms with Crippen LogP contribution in [0.3, 0.4) is 0 Å². The van der Waals surface area contributed by atoms with E-state index in [-0.39, 0.29) is 36.5 Å². The van der Waals surface area contributed by atoms with E-state index in [1.165, 1.54) is 17.7 Å². The Bertz CT molecular complexity index is 1710. The average Bonchev–Trinajstić information content (AvgIpc) is 3.66. The number of Topliss-reactive ketones (excluding diaryl/α,β-unsaturated/α-hetero) is 1. The molecule has 0 saturated carbocycles. The van der Waals surface area contributed by atoms with E-state index in [1.54, 1.807) is 53.2 Å². The summed E-state index contributed by atoms with van der Waals surface area (Å²) in [5, 5.41) is 5.92. The number of oxazole rings is 1. The largest absolute Gasteiger partial charge is 0.443 e. The van der Waals surface area contributed by atoms with Gasteiger partial charge in [0.2, 0.25) is 5.95 Å². The fourth-order valence-electron chi connectivity index (χ4n) is 3.82. The number of fused-ring (bicyclic) bond motifs is 1. The second-order valence-electron chi connectivity index (χ2n) is 8.55. The molecule has 0 aliphatic carbocycles. The topological polar surface area (TPSA) is 136 Å². The van der Waals surface area contributed by atoms with Gasteiger partial charge in [0.1, 0.15) is 9.84 Å². The van der Waals surface area contributed by atoms with Crippen LogP contribution in [0.25, 0.3) is 21.7 Å². The number of amides is 1. The normalized spacial score (nSPS) is 11.5. The predicted molar refractivity (Wildman–Crippen MR) is 146 cm³/mol. The number of hydrogen-bond donors (Lipinski definition) is 2. The molecule has 0 aliphatic rings. The van der Waals surface area contributed by atoms with Gasteiger partial charge in [-0.2, -0.15) is 0 Å². The van der Waals surface area contributed by atoms with Crippen LogP contribution >= 0.6 is 11.3 Å². The molecule has 2 N–H and O–H groups in total. The van der Waals surface area contributed by atoms with E-state index in [0.717, 1.165) is 11.1 Å². The van der Waals surface area contributed by atoms with E-state index in [2.05, 4.69) is 20.6 Å². The first-order valence-corrected chi connectivity index (χ1v) is 14.4. The summed E-state index contributed by atoms with van der Waals surface area (Å²) in [5.74, 6) is 0.212. The number of nitrogens with zero attached hydrogens (tertiary/aromatic N) is 3. The number of nitrogens with one attached hydrogen (secondary N) is 2. The number of anilines is 2. The number of thiophene rings is 1. The third-order valence-electron chi connectivity index (χ3n) is 5.71. The molecule has 0 spiro atoms. The Morgan fingerprint density at radius 1 is 1.08 bits per heavy atom. The van der Waals surface area contributed by atoms with E-state index in [4.69, 9.17) is 4.42 Å². The SMILES string of the molecule is CS(=O)(=O)CCn1c(NC(=O)c2ccc(-c3cnco3)s2)nc2cc(NCC(=O)c3ccccc3)ccc21. The molecule has 0 fully saturated rings. The molecule has 3 aromatic heterocycles. The maximum absolute atomic E-state index is 13.0. The number of carbonyl (C=O) groups is 2. The minimum atomic E-state index is -3.27. The molecular weight excluding hydrogens is 526 g/mol. The first-order chi connectivity index (χ1) is 18.3. The number of ketones is 1. The van der Waals surface area contributed by atoms with Crippen molar-refractivity contribution in [2.45, 2.75) is 6.54 Å². The Morgan fingerprint density at radius 2 is 1.89 bits per heavy atom. The smallest absolute Gasteiger partial charge is 0.268 e. The molecule has 5 aromatic rings. The van der Waals surface area contributed by atoms with Crippen LogP contribution in [-0.4, -0.2) is 53.2 Å². The van der Waals surface area contributed by atoms with Crippen molar-refractivity contribution in [3.63, 3.8) is 0 Å². The molecule has 10 nitrogen and oxygen atoms in total. The number of sulfone groups is 1. The van der Waals surface area contributed by atoms with Gasteiger partial charge in [-0.25, -0.2) is 18.4 Å². The van der Waals surface area contributed by atoms with Crippen molar-refractivity contribution in [1.82, 2.24) is 14.5 Å². The van der Waals surface area contributed by atoms with Crippen LogP contribution in [0.4, 0.5) is 11.6 Å². The molecule has 2 aromatic carbocycles. The van der Waals surface area contributed by atoms with Crippen molar-refractivity contribution in [3.05, 3.63) is 83.7 Å². The van der Waals surface area contributed by atoms with Gasteiger partial charge in [0.05, 0.1) is 39.3 Å². The summed E-state index contributed by atoms with van der Waals surface area (Å²) < 4.78 is 30.7. The number of carbonyl (C=O) groups excluding carboxylic acids is 2. The number of aryl methyl sites for hydroxylation is 1. The zero-order valence-corrected chi connectivity index (χ0v) is 21.9. The Hall–Kier alpha value is -4.29. The molecule has 12 heteroatoms. The van der Waals surface area contributed by atoms with Crippen molar-refractivity contribution in [2.75, 3.05) is 29.2 Å². The van der Waals surface area contributed by atoms with E-state index >= 15 is 0 Å². The fourth-order valence-corrected chi connectivity index (χ4v) is 5.19. The fraction of sp³-hybridized carbons (Fsp3) is 0.154. The molecule has 38 heavy (non-hydrogen) atoms. The first-order valence-electron chi connectivity index (χ1n) is 11.6. The number of benzene rings is 2. The van der Waals surface area contributed by atoms with E-state index in [0.29, 0.717) is 32.9 Å². The highest BCUT2D eigenvalue weighted by molar-refractivity contribution is 7.90. The minimum Gasteiger partial charge on any atom is -0.443 e. The van der Waals surface area contributed by atoms with Crippen molar-refractivity contribution in [3.8, 4) is 10.6 Å². The zero-order chi connectivity index (χ0) is 26.7. The molecule has 0 aliphatic heterocycles. The summed E-state index contributed by atoms with van der Waals surface area (Å²) in [5.41, 5.74) is 2.47. The lowest BCUT2D eigenvalue weighted by Crippen LogP contribution is -2.17.